The van der Waals surface area contributed by atoms with E-state index in [9.17, 15) is 4.79 Å². The van der Waals surface area contributed by atoms with E-state index in [1.54, 1.807) is 13.4 Å². The van der Waals surface area contributed by atoms with Crippen molar-refractivity contribution in [2.45, 2.75) is 44.4 Å². The molecule has 0 aromatic carbocycles. The zero-order valence-electron chi connectivity index (χ0n) is 13.8. The Hall–Kier alpha value is -1.60. The van der Waals surface area contributed by atoms with Crippen molar-refractivity contribution in [2.75, 3.05) is 19.5 Å². The Morgan fingerprint density at radius 2 is 2.22 bits per heavy atom. The maximum absolute atomic E-state index is 12.6. The monoisotopic (exact) mass is 334 g/mol. The molecule has 0 radical (unpaired) electrons. The number of ether oxygens (including phenoxy) is 1. The van der Waals surface area contributed by atoms with Gasteiger partial charge in [-0.1, -0.05) is 11.8 Å². The summed E-state index contributed by atoms with van der Waals surface area (Å²) in [5.74, 6) is 0.525. The van der Waals surface area contributed by atoms with Gasteiger partial charge in [-0.15, -0.1) is 10.2 Å². The summed E-state index contributed by atoms with van der Waals surface area (Å²) >= 11 is 1.43. The predicted molar refractivity (Wildman–Crippen MR) is 89.1 cm³/mol. The van der Waals surface area contributed by atoms with E-state index in [0.717, 1.165) is 16.4 Å². The molecule has 1 fully saturated rings. The van der Waals surface area contributed by atoms with E-state index < -0.39 is 0 Å². The molecular formula is C16H22N4O2S. The van der Waals surface area contributed by atoms with Crippen LogP contribution in [-0.2, 0) is 11.3 Å². The SMILES string of the molecule is COCCn1cnnc1SCC(=O)c1cc(C)n(C2CC2)c1C. The molecule has 1 saturated carbocycles. The van der Waals surface area contributed by atoms with Crippen molar-refractivity contribution in [1.29, 1.82) is 0 Å². The number of methoxy groups -OCH3 is 1. The van der Waals surface area contributed by atoms with Crippen molar-refractivity contribution in [3.8, 4) is 0 Å². The van der Waals surface area contributed by atoms with Gasteiger partial charge in [-0.3, -0.25) is 4.79 Å². The number of Topliss-reactive ketones (excluding diaryl/α,β-unsaturated/α-hetero) is 1. The van der Waals surface area contributed by atoms with E-state index in [1.165, 1.54) is 30.3 Å². The Morgan fingerprint density at radius 3 is 2.91 bits per heavy atom. The highest BCUT2D eigenvalue weighted by Crippen LogP contribution is 2.38. The first-order chi connectivity index (χ1) is 11.1. The van der Waals surface area contributed by atoms with E-state index in [0.29, 0.717) is 24.9 Å². The molecule has 1 aliphatic rings. The number of aromatic nitrogens is 4. The molecule has 0 unspecified atom stereocenters. The van der Waals surface area contributed by atoms with Gasteiger partial charge in [0.15, 0.2) is 10.9 Å². The highest BCUT2D eigenvalue weighted by molar-refractivity contribution is 7.99. The van der Waals surface area contributed by atoms with Crippen molar-refractivity contribution in [3.63, 3.8) is 0 Å². The van der Waals surface area contributed by atoms with Gasteiger partial charge in [0, 0.05) is 36.6 Å². The van der Waals surface area contributed by atoms with Gasteiger partial charge in [-0.25, -0.2) is 0 Å². The molecule has 3 rings (SSSR count). The third-order valence-electron chi connectivity index (χ3n) is 4.15. The minimum atomic E-state index is 0.149. The molecule has 23 heavy (non-hydrogen) atoms. The first-order valence-electron chi connectivity index (χ1n) is 7.83. The minimum absolute atomic E-state index is 0.149. The smallest absolute Gasteiger partial charge is 0.191 e. The zero-order chi connectivity index (χ0) is 16.4. The van der Waals surface area contributed by atoms with Crippen LogP contribution in [0.3, 0.4) is 0 Å². The van der Waals surface area contributed by atoms with E-state index in [2.05, 4.69) is 21.7 Å². The lowest BCUT2D eigenvalue weighted by molar-refractivity contribution is 0.102. The van der Waals surface area contributed by atoms with Crippen molar-refractivity contribution >= 4 is 17.5 Å². The van der Waals surface area contributed by atoms with E-state index >= 15 is 0 Å². The Bertz CT molecular complexity index is 703. The average molecular weight is 334 g/mol. The fourth-order valence-corrected chi connectivity index (χ4v) is 3.69. The summed E-state index contributed by atoms with van der Waals surface area (Å²) in [6.07, 6.45) is 4.12. The van der Waals surface area contributed by atoms with Gasteiger partial charge < -0.3 is 13.9 Å². The van der Waals surface area contributed by atoms with Gasteiger partial charge in [0.2, 0.25) is 0 Å². The summed E-state index contributed by atoms with van der Waals surface area (Å²) in [6, 6.07) is 2.62. The molecule has 124 valence electrons. The molecule has 0 spiro atoms. The summed E-state index contributed by atoms with van der Waals surface area (Å²) in [7, 11) is 1.66. The number of rotatable bonds is 8. The Morgan fingerprint density at radius 1 is 1.43 bits per heavy atom. The molecule has 0 atom stereocenters. The van der Waals surface area contributed by atoms with Crippen LogP contribution in [0.1, 0.15) is 40.6 Å². The van der Waals surface area contributed by atoms with Gasteiger partial charge in [0.25, 0.3) is 0 Å². The van der Waals surface area contributed by atoms with Gasteiger partial charge in [0.1, 0.15) is 6.33 Å². The lowest BCUT2D eigenvalue weighted by Gasteiger charge is -2.07. The quantitative estimate of drug-likeness (QED) is 0.548. The predicted octanol–water partition coefficient (Wildman–Crippen LogP) is 2.65. The molecule has 0 N–H and O–H groups in total. The second kappa shape index (κ2) is 6.88. The van der Waals surface area contributed by atoms with Crippen molar-refractivity contribution < 1.29 is 9.53 Å². The molecule has 0 saturated heterocycles. The largest absolute Gasteiger partial charge is 0.383 e. The number of ketones is 1. The second-order valence-corrected chi connectivity index (χ2v) is 6.84. The summed E-state index contributed by atoms with van der Waals surface area (Å²) in [6.45, 7) is 5.42. The van der Waals surface area contributed by atoms with Crippen LogP contribution in [0.4, 0.5) is 0 Å². The Labute approximate surface area is 140 Å². The van der Waals surface area contributed by atoms with Gasteiger partial charge in [-0.2, -0.15) is 0 Å². The van der Waals surface area contributed by atoms with Gasteiger partial charge in [0.05, 0.1) is 12.4 Å². The first kappa shape index (κ1) is 16.3. The fourth-order valence-electron chi connectivity index (χ4n) is 2.86. The molecule has 1 aliphatic carbocycles. The van der Waals surface area contributed by atoms with Crippen LogP contribution in [0.25, 0.3) is 0 Å². The minimum Gasteiger partial charge on any atom is -0.383 e. The molecule has 2 aromatic heterocycles. The lowest BCUT2D eigenvalue weighted by atomic mass is 10.2. The number of aryl methyl sites for hydroxylation is 1. The number of nitrogens with zero attached hydrogens (tertiary/aromatic N) is 4. The summed E-state index contributed by atoms with van der Waals surface area (Å²) in [4.78, 5) is 12.6. The normalized spacial score (nSPS) is 14.4. The topological polar surface area (TPSA) is 61.9 Å². The number of thioether (sulfide) groups is 1. The highest BCUT2D eigenvalue weighted by atomic mass is 32.2. The molecular weight excluding hydrogens is 312 g/mol. The number of carbonyl (C=O) groups excluding carboxylic acids is 1. The standard InChI is InChI=1S/C16H22N4O2S/c1-11-8-14(12(2)20(11)13-4-5-13)15(21)9-23-16-18-17-10-19(16)6-7-22-3/h8,10,13H,4-7,9H2,1-3H3. The summed E-state index contributed by atoms with van der Waals surface area (Å²) in [5, 5.41) is 8.75. The van der Waals surface area contributed by atoms with Crippen LogP contribution in [-0.4, -0.2) is 44.6 Å². The Kier molecular flexibility index (Phi) is 4.87. The Balaban J connectivity index is 1.66. The van der Waals surface area contributed by atoms with Crippen LogP contribution in [0, 0.1) is 13.8 Å². The number of carbonyl (C=O) groups is 1. The maximum Gasteiger partial charge on any atom is 0.191 e. The van der Waals surface area contributed by atoms with Gasteiger partial charge >= 0.3 is 0 Å². The first-order valence-corrected chi connectivity index (χ1v) is 8.81. The second-order valence-electron chi connectivity index (χ2n) is 5.90. The van der Waals surface area contributed by atoms with Crippen molar-refractivity contribution in [3.05, 3.63) is 29.3 Å². The number of hydrogen-bond acceptors (Lipinski definition) is 5. The van der Waals surface area contributed by atoms with Crippen LogP contribution in [0.5, 0.6) is 0 Å². The summed E-state index contributed by atoms with van der Waals surface area (Å²) in [5.41, 5.74) is 3.11. The van der Waals surface area contributed by atoms with Crippen LogP contribution < -0.4 is 0 Å². The van der Waals surface area contributed by atoms with E-state index in [4.69, 9.17) is 4.74 Å². The van der Waals surface area contributed by atoms with Crippen LogP contribution in [0.15, 0.2) is 17.6 Å². The molecule has 0 aliphatic heterocycles. The van der Waals surface area contributed by atoms with E-state index in [1.807, 2.05) is 17.6 Å². The average Bonchev–Trinajstić information content (AvgIpc) is 3.18. The van der Waals surface area contributed by atoms with Crippen molar-refractivity contribution in [1.82, 2.24) is 19.3 Å². The highest BCUT2D eigenvalue weighted by Gasteiger charge is 2.28. The van der Waals surface area contributed by atoms with E-state index in [-0.39, 0.29) is 5.78 Å². The number of hydrogen-bond donors (Lipinski definition) is 0. The molecule has 0 bridgehead atoms. The van der Waals surface area contributed by atoms with Crippen molar-refractivity contribution in [2.24, 2.45) is 0 Å². The molecule has 6 nitrogen and oxygen atoms in total. The molecule has 7 heteroatoms. The third-order valence-corrected chi connectivity index (χ3v) is 5.13. The van der Waals surface area contributed by atoms with Crippen LogP contribution in [0.2, 0.25) is 0 Å². The zero-order valence-corrected chi connectivity index (χ0v) is 14.6. The van der Waals surface area contributed by atoms with Crippen LogP contribution >= 0.6 is 11.8 Å². The fraction of sp³-hybridized carbons (Fsp3) is 0.562. The van der Waals surface area contributed by atoms with Gasteiger partial charge in [-0.05, 0) is 32.8 Å². The molecule has 2 heterocycles. The molecule has 0 amide bonds. The third kappa shape index (κ3) is 3.50. The lowest BCUT2D eigenvalue weighted by Crippen LogP contribution is -2.08. The molecule has 2 aromatic rings. The summed E-state index contributed by atoms with van der Waals surface area (Å²) < 4.78 is 9.29. The maximum atomic E-state index is 12.6.